The van der Waals surface area contributed by atoms with E-state index >= 15 is 0 Å². The average molecular weight is 249 g/mol. The summed E-state index contributed by atoms with van der Waals surface area (Å²) in [5, 5.41) is 0. The minimum Gasteiger partial charge on any atom is -0.489 e. The highest BCUT2D eigenvalue weighted by Crippen LogP contribution is 2.16. The molecule has 0 aliphatic rings. The van der Waals surface area contributed by atoms with Gasteiger partial charge < -0.3 is 15.2 Å². The molecule has 0 heterocycles. The molecule has 4 heteroatoms. The standard InChI is InChI=1S/C14H19NO3/c1-10(13(16)18-14(2,3)4)9-17-12-7-5-6-11(15)8-12/h5-8H,1,9,15H2,2-4H3. The Hall–Kier alpha value is -1.97. The summed E-state index contributed by atoms with van der Waals surface area (Å²) in [6.45, 7) is 9.13. The van der Waals surface area contributed by atoms with Crippen molar-refractivity contribution in [3.05, 3.63) is 36.4 Å². The first-order chi connectivity index (χ1) is 8.28. The van der Waals surface area contributed by atoms with Crippen LogP contribution in [-0.2, 0) is 9.53 Å². The van der Waals surface area contributed by atoms with Crippen LogP contribution in [0.4, 0.5) is 5.69 Å². The van der Waals surface area contributed by atoms with Gasteiger partial charge in [-0.15, -0.1) is 0 Å². The second kappa shape index (κ2) is 5.58. The molecule has 0 amide bonds. The van der Waals surface area contributed by atoms with E-state index < -0.39 is 11.6 Å². The van der Waals surface area contributed by atoms with Gasteiger partial charge in [0.2, 0.25) is 0 Å². The molecular formula is C14H19NO3. The number of anilines is 1. The fraction of sp³-hybridized carbons (Fsp3) is 0.357. The lowest BCUT2D eigenvalue weighted by molar-refractivity contribution is -0.150. The summed E-state index contributed by atoms with van der Waals surface area (Å²) in [5.74, 6) is 0.145. The van der Waals surface area contributed by atoms with E-state index in [0.29, 0.717) is 11.4 Å². The van der Waals surface area contributed by atoms with Crippen molar-refractivity contribution in [2.75, 3.05) is 12.3 Å². The van der Waals surface area contributed by atoms with Crippen molar-refractivity contribution in [3.63, 3.8) is 0 Å². The lowest BCUT2D eigenvalue weighted by atomic mass is 10.2. The summed E-state index contributed by atoms with van der Waals surface area (Å²) in [6, 6.07) is 6.98. The monoisotopic (exact) mass is 249 g/mol. The molecule has 18 heavy (non-hydrogen) atoms. The molecular weight excluding hydrogens is 230 g/mol. The van der Waals surface area contributed by atoms with Gasteiger partial charge in [-0.3, -0.25) is 0 Å². The Labute approximate surface area is 107 Å². The molecule has 0 spiro atoms. The summed E-state index contributed by atoms with van der Waals surface area (Å²) >= 11 is 0. The highest BCUT2D eigenvalue weighted by Gasteiger charge is 2.18. The minimum atomic E-state index is -0.531. The van der Waals surface area contributed by atoms with Crippen molar-refractivity contribution in [2.45, 2.75) is 26.4 Å². The summed E-state index contributed by atoms with van der Waals surface area (Å²) < 4.78 is 10.6. The second-order valence-corrected chi connectivity index (χ2v) is 4.97. The lowest BCUT2D eigenvalue weighted by Gasteiger charge is -2.20. The molecule has 4 nitrogen and oxygen atoms in total. The smallest absolute Gasteiger partial charge is 0.337 e. The van der Waals surface area contributed by atoms with E-state index in [4.69, 9.17) is 15.2 Å². The average Bonchev–Trinajstić information content (AvgIpc) is 2.23. The number of hydrogen-bond acceptors (Lipinski definition) is 4. The maximum Gasteiger partial charge on any atom is 0.337 e. The highest BCUT2D eigenvalue weighted by molar-refractivity contribution is 5.88. The predicted molar refractivity (Wildman–Crippen MR) is 71.3 cm³/mol. The molecule has 1 aromatic carbocycles. The normalized spacial score (nSPS) is 10.8. The van der Waals surface area contributed by atoms with Gasteiger partial charge in [-0.1, -0.05) is 12.6 Å². The number of rotatable bonds is 4. The molecule has 0 atom stereocenters. The number of nitrogens with two attached hydrogens (primary N) is 1. The number of carbonyl (C=O) groups excluding carboxylic acids is 1. The van der Waals surface area contributed by atoms with Gasteiger partial charge in [0.15, 0.2) is 0 Å². The van der Waals surface area contributed by atoms with Crippen molar-refractivity contribution in [2.24, 2.45) is 0 Å². The molecule has 0 radical (unpaired) electrons. The third kappa shape index (κ3) is 4.91. The van der Waals surface area contributed by atoms with Crippen LogP contribution in [0.1, 0.15) is 20.8 Å². The molecule has 0 aromatic heterocycles. The van der Waals surface area contributed by atoms with Crippen LogP contribution in [0.15, 0.2) is 36.4 Å². The van der Waals surface area contributed by atoms with Gasteiger partial charge in [0.25, 0.3) is 0 Å². The molecule has 0 fully saturated rings. The lowest BCUT2D eigenvalue weighted by Crippen LogP contribution is -2.26. The van der Waals surface area contributed by atoms with E-state index in [0.717, 1.165) is 0 Å². The summed E-state index contributed by atoms with van der Waals surface area (Å²) in [7, 11) is 0. The van der Waals surface area contributed by atoms with Gasteiger partial charge in [0.1, 0.15) is 18.0 Å². The maximum absolute atomic E-state index is 11.6. The predicted octanol–water partition coefficient (Wildman–Crippen LogP) is 2.55. The molecule has 0 unspecified atom stereocenters. The van der Waals surface area contributed by atoms with E-state index in [1.54, 1.807) is 45.0 Å². The second-order valence-electron chi connectivity index (χ2n) is 4.97. The number of ether oxygens (including phenoxy) is 2. The maximum atomic E-state index is 11.6. The van der Waals surface area contributed by atoms with Crippen LogP contribution in [0.25, 0.3) is 0 Å². The van der Waals surface area contributed by atoms with Crippen molar-refractivity contribution in [1.82, 2.24) is 0 Å². The number of hydrogen-bond donors (Lipinski definition) is 1. The van der Waals surface area contributed by atoms with Gasteiger partial charge in [-0.05, 0) is 32.9 Å². The van der Waals surface area contributed by atoms with Crippen molar-refractivity contribution < 1.29 is 14.3 Å². The number of benzene rings is 1. The zero-order chi connectivity index (χ0) is 13.8. The summed E-state index contributed by atoms with van der Waals surface area (Å²) in [6.07, 6.45) is 0. The molecule has 0 saturated carbocycles. The van der Waals surface area contributed by atoms with E-state index in [1.165, 1.54) is 0 Å². The van der Waals surface area contributed by atoms with Crippen molar-refractivity contribution in [3.8, 4) is 5.75 Å². The van der Waals surface area contributed by atoms with Gasteiger partial charge in [-0.2, -0.15) is 0 Å². The third-order valence-electron chi connectivity index (χ3n) is 1.96. The molecule has 0 aliphatic carbocycles. The van der Waals surface area contributed by atoms with Gasteiger partial charge in [0, 0.05) is 11.8 Å². The van der Waals surface area contributed by atoms with Gasteiger partial charge in [-0.25, -0.2) is 4.79 Å². The van der Waals surface area contributed by atoms with E-state index in [-0.39, 0.29) is 12.2 Å². The van der Waals surface area contributed by atoms with E-state index in [1.807, 2.05) is 0 Å². The first-order valence-corrected chi connectivity index (χ1v) is 5.67. The van der Waals surface area contributed by atoms with Crippen LogP contribution in [0.5, 0.6) is 5.75 Å². The Morgan fingerprint density at radius 2 is 2.06 bits per heavy atom. The Morgan fingerprint density at radius 1 is 1.39 bits per heavy atom. The zero-order valence-corrected chi connectivity index (χ0v) is 11.0. The quantitative estimate of drug-likeness (QED) is 0.506. The molecule has 2 N–H and O–H groups in total. The first-order valence-electron chi connectivity index (χ1n) is 5.67. The molecule has 0 bridgehead atoms. The van der Waals surface area contributed by atoms with Crippen LogP contribution in [0.3, 0.4) is 0 Å². The van der Waals surface area contributed by atoms with Crippen LogP contribution >= 0.6 is 0 Å². The molecule has 1 aromatic rings. The minimum absolute atomic E-state index is 0.0817. The van der Waals surface area contributed by atoms with E-state index in [2.05, 4.69) is 6.58 Å². The number of esters is 1. The van der Waals surface area contributed by atoms with E-state index in [9.17, 15) is 4.79 Å². The molecule has 1 rings (SSSR count). The first kappa shape index (κ1) is 14.1. The fourth-order valence-electron chi connectivity index (χ4n) is 1.18. The van der Waals surface area contributed by atoms with Crippen molar-refractivity contribution >= 4 is 11.7 Å². The number of carbonyl (C=O) groups is 1. The van der Waals surface area contributed by atoms with Crippen LogP contribution < -0.4 is 10.5 Å². The summed E-state index contributed by atoms with van der Waals surface area (Å²) in [5.41, 5.74) is 5.96. The Morgan fingerprint density at radius 3 is 2.61 bits per heavy atom. The third-order valence-corrected chi connectivity index (χ3v) is 1.96. The Bertz CT molecular complexity index is 447. The van der Waals surface area contributed by atoms with Crippen LogP contribution in [0.2, 0.25) is 0 Å². The van der Waals surface area contributed by atoms with Crippen molar-refractivity contribution in [1.29, 1.82) is 0 Å². The summed E-state index contributed by atoms with van der Waals surface area (Å²) in [4.78, 5) is 11.6. The fourth-order valence-corrected chi connectivity index (χ4v) is 1.18. The topological polar surface area (TPSA) is 61.5 Å². The van der Waals surface area contributed by atoms with Crippen LogP contribution in [0, 0.1) is 0 Å². The van der Waals surface area contributed by atoms with Gasteiger partial charge >= 0.3 is 5.97 Å². The number of nitrogen functional groups attached to an aromatic ring is 1. The molecule has 98 valence electrons. The Kier molecular flexibility index (Phi) is 4.37. The zero-order valence-electron chi connectivity index (χ0n) is 11.0. The molecule has 0 aliphatic heterocycles. The van der Waals surface area contributed by atoms with Crippen LogP contribution in [-0.4, -0.2) is 18.2 Å². The largest absolute Gasteiger partial charge is 0.489 e. The van der Waals surface area contributed by atoms with Gasteiger partial charge in [0.05, 0.1) is 5.57 Å². The SMILES string of the molecule is C=C(COc1cccc(N)c1)C(=O)OC(C)(C)C. The molecule has 0 saturated heterocycles. The highest BCUT2D eigenvalue weighted by atomic mass is 16.6. The Balaban J connectivity index is 2.49.